The molecule has 4 nitrogen and oxygen atoms in total. The maximum absolute atomic E-state index is 12.2. The maximum atomic E-state index is 12.2. The molecule has 0 aliphatic carbocycles. The molecule has 6 heteroatoms. The molecule has 1 aromatic carbocycles. The topological polar surface area (TPSA) is 35.9 Å². The summed E-state index contributed by atoms with van der Waals surface area (Å²) in [5, 5.41) is 2.90. The lowest BCUT2D eigenvalue weighted by molar-refractivity contribution is -0.113. The number of anilines is 1. The first-order chi connectivity index (χ1) is 12.2. The minimum absolute atomic E-state index is 0.113. The van der Waals surface area contributed by atoms with Crippen molar-refractivity contribution in [2.24, 2.45) is 4.99 Å². The second-order valence-corrected chi connectivity index (χ2v) is 8.04. The fourth-order valence-electron chi connectivity index (χ4n) is 2.98. The van der Waals surface area contributed by atoms with E-state index >= 15 is 0 Å². The van der Waals surface area contributed by atoms with Crippen LogP contribution in [0.4, 0.5) is 5.69 Å². The van der Waals surface area contributed by atoms with Crippen molar-refractivity contribution in [1.29, 1.82) is 0 Å². The zero-order chi connectivity index (χ0) is 17.2. The molecule has 25 heavy (non-hydrogen) atoms. The number of benzene rings is 1. The molecule has 2 aliphatic heterocycles. The summed E-state index contributed by atoms with van der Waals surface area (Å²) in [5.74, 6) is -0.113. The van der Waals surface area contributed by atoms with Crippen LogP contribution in [0, 0.1) is 6.92 Å². The quantitative estimate of drug-likeness (QED) is 0.754. The Morgan fingerprint density at radius 2 is 1.76 bits per heavy atom. The van der Waals surface area contributed by atoms with E-state index in [1.165, 1.54) is 23.0 Å². The number of carbonyl (C=O) groups excluding carboxylic acids is 1. The molecule has 2 aliphatic rings. The molecule has 4 rings (SSSR count). The first kappa shape index (κ1) is 16.4. The number of aryl methyl sites for hydroxylation is 1. The number of thioether (sulfide) groups is 1. The molecule has 0 atom stereocenters. The largest absolute Gasteiger partial charge is 0.368 e. The highest BCUT2D eigenvalue weighted by atomic mass is 32.2. The predicted molar refractivity (Wildman–Crippen MR) is 107 cm³/mol. The number of para-hydroxylation sites is 1. The van der Waals surface area contributed by atoms with Crippen LogP contribution >= 0.6 is 23.1 Å². The van der Waals surface area contributed by atoms with Crippen LogP contribution in [0.1, 0.15) is 10.4 Å². The van der Waals surface area contributed by atoms with Gasteiger partial charge in [0.15, 0.2) is 5.17 Å². The van der Waals surface area contributed by atoms with Crippen molar-refractivity contribution in [3.05, 3.63) is 57.1 Å². The van der Waals surface area contributed by atoms with Gasteiger partial charge in [0.05, 0.1) is 4.91 Å². The number of hydrogen-bond donors (Lipinski definition) is 0. The first-order valence-electron chi connectivity index (χ1n) is 8.32. The van der Waals surface area contributed by atoms with E-state index in [1.54, 1.807) is 11.3 Å². The van der Waals surface area contributed by atoms with Gasteiger partial charge in [0.2, 0.25) is 0 Å². The molecule has 0 bridgehead atoms. The second-order valence-electron chi connectivity index (χ2n) is 6.09. The van der Waals surface area contributed by atoms with Gasteiger partial charge in [-0.15, -0.1) is 11.3 Å². The summed E-state index contributed by atoms with van der Waals surface area (Å²) in [4.78, 5) is 23.0. The number of rotatable bonds is 2. The van der Waals surface area contributed by atoms with Crippen LogP contribution in [-0.2, 0) is 4.79 Å². The van der Waals surface area contributed by atoms with E-state index in [0.717, 1.165) is 41.1 Å². The molecule has 1 aromatic heterocycles. The zero-order valence-electron chi connectivity index (χ0n) is 14.0. The normalized spacial score (nSPS) is 19.6. The molecule has 1 amide bonds. The molecule has 0 saturated carbocycles. The van der Waals surface area contributed by atoms with Gasteiger partial charge in [-0.1, -0.05) is 18.2 Å². The van der Waals surface area contributed by atoms with Gasteiger partial charge in [0.25, 0.3) is 5.91 Å². The van der Waals surface area contributed by atoms with Crippen molar-refractivity contribution in [2.45, 2.75) is 6.92 Å². The number of piperazine rings is 1. The monoisotopic (exact) mass is 369 g/mol. The summed E-state index contributed by atoms with van der Waals surface area (Å²) in [6, 6.07) is 12.5. The van der Waals surface area contributed by atoms with Crippen LogP contribution in [0.5, 0.6) is 0 Å². The van der Waals surface area contributed by atoms with Crippen molar-refractivity contribution < 1.29 is 4.79 Å². The van der Waals surface area contributed by atoms with Crippen molar-refractivity contribution in [1.82, 2.24) is 4.90 Å². The number of amides is 1. The Morgan fingerprint density at radius 3 is 2.44 bits per heavy atom. The number of hydrogen-bond acceptors (Lipinski definition) is 5. The van der Waals surface area contributed by atoms with Crippen molar-refractivity contribution in [3.63, 3.8) is 0 Å². The van der Waals surface area contributed by atoms with Gasteiger partial charge in [-0.25, -0.2) is 0 Å². The van der Waals surface area contributed by atoms with Gasteiger partial charge in [0.1, 0.15) is 0 Å². The van der Waals surface area contributed by atoms with Crippen LogP contribution < -0.4 is 4.90 Å². The number of aliphatic imine (C=N–C) groups is 1. The zero-order valence-corrected chi connectivity index (χ0v) is 15.6. The lowest BCUT2D eigenvalue weighted by Gasteiger charge is -2.36. The molecule has 128 valence electrons. The van der Waals surface area contributed by atoms with Gasteiger partial charge >= 0.3 is 0 Å². The predicted octanol–water partition coefficient (Wildman–Crippen LogP) is 3.85. The Balaban J connectivity index is 1.41. The Labute approximate surface area is 155 Å². The summed E-state index contributed by atoms with van der Waals surface area (Å²) in [7, 11) is 0. The van der Waals surface area contributed by atoms with Crippen LogP contribution in [0.2, 0.25) is 0 Å². The average Bonchev–Trinajstić information content (AvgIpc) is 3.22. The summed E-state index contributed by atoms with van der Waals surface area (Å²) in [6.07, 6.45) is 1.98. The van der Waals surface area contributed by atoms with E-state index in [1.807, 2.05) is 12.1 Å². The number of amidine groups is 1. The van der Waals surface area contributed by atoms with Crippen molar-refractivity contribution >= 4 is 45.9 Å². The van der Waals surface area contributed by atoms with Gasteiger partial charge in [-0.05, 0) is 53.9 Å². The van der Waals surface area contributed by atoms with E-state index in [9.17, 15) is 4.79 Å². The van der Waals surface area contributed by atoms with Crippen LogP contribution in [0.25, 0.3) is 6.08 Å². The molecule has 1 saturated heterocycles. The summed E-state index contributed by atoms with van der Waals surface area (Å²) in [5.41, 5.74) is 2.46. The lowest BCUT2D eigenvalue weighted by Crippen LogP contribution is -2.47. The van der Waals surface area contributed by atoms with E-state index in [2.05, 4.69) is 57.4 Å². The molecule has 0 spiro atoms. The highest BCUT2D eigenvalue weighted by Gasteiger charge is 2.28. The SMILES string of the molecule is Cc1ccsc1/C=C1\SC(N2CCN(c3ccccc3)CC2)=NC1=O. The minimum atomic E-state index is -0.113. The fraction of sp³-hybridized carbons (Fsp3) is 0.263. The third-order valence-corrected chi connectivity index (χ3v) is 6.46. The molecule has 0 radical (unpaired) electrons. The molecule has 2 aromatic rings. The smallest absolute Gasteiger partial charge is 0.286 e. The van der Waals surface area contributed by atoms with Crippen LogP contribution in [-0.4, -0.2) is 42.2 Å². The Morgan fingerprint density at radius 1 is 1.04 bits per heavy atom. The van der Waals surface area contributed by atoms with E-state index in [0.29, 0.717) is 0 Å². The van der Waals surface area contributed by atoms with Crippen LogP contribution in [0.15, 0.2) is 51.7 Å². The Bertz CT molecular complexity index is 833. The van der Waals surface area contributed by atoms with Gasteiger partial charge < -0.3 is 9.80 Å². The van der Waals surface area contributed by atoms with Crippen molar-refractivity contribution in [3.8, 4) is 0 Å². The van der Waals surface area contributed by atoms with E-state index in [4.69, 9.17) is 0 Å². The standard InChI is InChI=1S/C19H19N3OS2/c1-14-7-12-24-16(14)13-17-18(23)20-19(25-17)22-10-8-21(9-11-22)15-5-3-2-4-6-15/h2-7,12-13H,8-11H2,1H3/b17-13-. The molecular formula is C19H19N3OS2. The first-order valence-corrected chi connectivity index (χ1v) is 10.0. The van der Waals surface area contributed by atoms with E-state index < -0.39 is 0 Å². The Kier molecular flexibility index (Phi) is 4.63. The number of nitrogens with zero attached hydrogens (tertiary/aromatic N) is 3. The third-order valence-electron chi connectivity index (χ3n) is 4.44. The summed E-state index contributed by atoms with van der Waals surface area (Å²) >= 11 is 3.16. The maximum Gasteiger partial charge on any atom is 0.286 e. The van der Waals surface area contributed by atoms with Gasteiger partial charge in [0, 0.05) is 36.7 Å². The molecule has 1 fully saturated rings. The third kappa shape index (κ3) is 3.50. The molecular weight excluding hydrogens is 350 g/mol. The average molecular weight is 370 g/mol. The summed E-state index contributed by atoms with van der Waals surface area (Å²) in [6.45, 7) is 5.73. The molecule has 0 N–H and O–H groups in total. The highest BCUT2D eigenvalue weighted by molar-refractivity contribution is 8.18. The van der Waals surface area contributed by atoms with Gasteiger partial charge in [-0.2, -0.15) is 4.99 Å². The lowest BCUT2D eigenvalue weighted by atomic mass is 10.2. The second kappa shape index (κ2) is 7.06. The van der Waals surface area contributed by atoms with Crippen LogP contribution in [0.3, 0.4) is 0 Å². The fourth-order valence-corrected chi connectivity index (χ4v) is 4.86. The molecule has 0 unspecified atom stereocenters. The van der Waals surface area contributed by atoms with E-state index in [-0.39, 0.29) is 5.91 Å². The minimum Gasteiger partial charge on any atom is -0.368 e. The summed E-state index contributed by atoms with van der Waals surface area (Å²) < 4.78 is 0. The van der Waals surface area contributed by atoms with Crippen molar-refractivity contribution in [2.75, 3.05) is 31.1 Å². The van der Waals surface area contributed by atoms with Gasteiger partial charge in [-0.3, -0.25) is 4.79 Å². The number of thiophene rings is 1. The number of carbonyl (C=O) groups is 1. The molecule has 3 heterocycles. The highest BCUT2D eigenvalue weighted by Crippen LogP contribution is 2.32. The Hall–Kier alpha value is -2.05.